The van der Waals surface area contributed by atoms with E-state index in [0.717, 1.165) is 11.1 Å². The van der Waals surface area contributed by atoms with Gasteiger partial charge in [0, 0.05) is 5.56 Å². The van der Waals surface area contributed by atoms with E-state index >= 15 is 0 Å². The largest absolute Gasteiger partial charge is 0.454 e. The lowest BCUT2D eigenvalue weighted by molar-refractivity contribution is 0.437. The van der Waals surface area contributed by atoms with Crippen LogP contribution in [0.15, 0.2) is 36.4 Å². The molecular weight excluding hydrogens is 251 g/mol. The summed E-state index contributed by atoms with van der Waals surface area (Å²) < 4.78 is 19.4. The van der Waals surface area contributed by atoms with Gasteiger partial charge in [0.05, 0.1) is 5.88 Å². The van der Waals surface area contributed by atoms with Crippen molar-refractivity contribution in [3.8, 4) is 11.5 Å². The summed E-state index contributed by atoms with van der Waals surface area (Å²) in [6.45, 7) is 3.95. The summed E-state index contributed by atoms with van der Waals surface area (Å²) in [5.74, 6) is 0.659. The number of hydrogen-bond acceptors (Lipinski definition) is 1. The van der Waals surface area contributed by atoms with E-state index in [4.69, 9.17) is 16.3 Å². The van der Waals surface area contributed by atoms with Crippen LogP contribution in [0.3, 0.4) is 0 Å². The van der Waals surface area contributed by atoms with Crippen molar-refractivity contribution in [3.05, 3.63) is 58.9 Å². The van der Waals surface area contributed by atoms with Crippen LogP contribution in [0.2, 0.25) is 0 Å². The average molecular weight is 265 g/mol. The Morgan fingerprint density at radius 1 is 1.11 bits per heavy atom. The fourth-order valence-corrected chi connectivity index (χ4v) is 2.09. The highest BCUT2D eigenvalue weighted by molar-refractivity contribution is 6.17. The van der Waals surface area contributed by atoms with Crippen LogP contribution in [0.25, 0.3) is 0 Å². The first-order valence-electron chi connectivity index (χ1n) is 5.69. The van der Waals surface area contributed by atoms with Gasteiger partial charge in [-0.3, -0.25) is 0 Å². The first kappa shape index (κ1) is 12.9. The molecule has 94 valence electrons. The zero-order chi connectivity index (χ0) is 13.1. The number of para-hydroxylation sites is 1. The first-order valence-corrected chi connectivity index (χ1v) is 6.23. The summed E-state index contributed by atoms with van der Waals surface area (Å²) in [5, 5.41) is 0. The highest BCUT2D eigenvalue weighted by atomic mass is 35.5. The fraction of sp³-hybridized carbons (Fsp3) is 0.200. The highest BCUT2D eigenvalue weighted by Gasteiger charge is 2.10. The number of benzene rings is 2. The van der Waals surface area contributed by atoms with Crippen LogP contribution in [0.4, 0.5) is 4.39 Å². The summed E-state index contributed by atoms with van der Waals surface area (Å²) >= 11 is 5.79. The molecule has 0 spiro atoms. The predicted octanol–water partition coefficient (Wildman–Crippen LogP) is 4.97. The molecule has 2 aromatic carbocycles. The van der Waals surface area contributed by atoms with Crippen LogP contribution < -0.4 is 4.74 Å². The Labute approximate surface area is 111 Å². The van der Waals surface area contributed by atoms with E-state index in [1.807, 2.05) is 32.0 Å². The number of halogens is 2. The van der Waals surface area contributed by atoms with Gasteiger partial charge < -0.3 is 4.74 Å². The van der Waals surface area contributed by atoms with Crippen molar-refractivity contribution in [2.75, 3.05) is 0 Å². The van der Waals surface area contributed by atoms with Gasteiger partial charge in [0.2, 0.25) is 0 Å². The Morgan fingerprint density at radius 3 is 2.39 bits per heavy atom. The lowest BCUT2D eigenvalue weighted by atomic mass is 10.1. The van der Waals surface area contributed by atoms with Crippen LogP contribution in [0.5, 0.6) is 11.5 Å². The summed E-state index contributed by atoms with van der Waals surface area (Å²) in [6.07, 6.45) is 0. The standard InChI is InChI=1S/C15H14ClFO/c1-10-6-11(2)8-13(7-10)18-15-12(9-16)4-3-5-14(15)17/h3-8H,9H2,1-2H3. The molecule has 0 aromatic heterocycles. The third kappa shape index (κ3) is 2.82. The van der Waals surface area contributed by atoms with Gasteiger partial charge in [-0.25, -0.2) is 4.39 Å². The molecule has 0 heterocycles. The molecule has 0 aliphatic rings. The van der Waals surface area contributed by atoms with Crippen LogP contribution in [0, 0.1) is 19.7 Å². The molecule has 0 N–H and O–H groups in total. The number of aryl methyl sites for hydroxylation is 2. The van der Waals surface area contributed by atoms with Gasteiger partial charge in [0.25, 0.3) is 0 Å². The Bertz CT molecular complexity index is 546. The van der Waals surface area contributed by atoms with E-state index in [0.29, 0.717) is 11.3 Å². The average Bonchev–Trinajstić information content (AvgIpc) is 2.30. The van der Waals surface area contributed by atoms with Crippen LogP contribution in [0.1, 0.15) is 16.7 Å². The Hall–Kier alpha value is -1.54. The molecular formula is C15H14ClFO. The molecule has 0 unspecified atom stereocenters. The van der Waals surface area contributed by atoms with Gasteiger partial charge in [0.15, 0.2) is 11.6 Å². The molecule has 2 aromatic rings. The Morgan fingerprint density at radius 2 is 1.78 bits per heavy atom. The molecule has 0 radical (unpaired) electrons. The minimum atomic E-state index is -0.396. The van der Waals surface area contributed by atoms with E-state index in [9.17, 15) is 4.39 Å². The molecule has 0 aliphatic carbocycles. The molecule has 0 fully saturated rings. The summed E-state index contributed by atoms with van der Waals surface area (Å²) in [7, 11) is 0. The Balaban J connectivity index is 2.39. The maximum atomic E-state index is 13.7. The van der Waals surface area contributed by atoms with Gasteiger partial charge in [0.1, 0.15) is 5.75 Å². The van der Waals surface area contributed by atoms with Crippen molar-refractivity contribution in [3.63, 3.8) is 0 Å². The van der Waals surface area contributed by atoms with E-state index < -0.39 is 5.82 Å². The van der Waals surface area contributed by atoms with Crippen LogP contribution in [-0.4, -0.2) is 0 Å². The number of ether oxygens (including phenoxy) is 1. The van der Waals surface area contributed by atoms with E-state index in [2.05, 4.69) is 0 Å². The zero-order valence-electron chi connectivity index (χ0n) is 10.3. The quantitative estimate of drug-likeness (QED) is 0.711. The number of hydrogen-bond donors (Lipinski definition) is 0. The lowest BCUT2D eigenvalue weighted by Gasteiger charge is -2.11. The fourth-order valence-electron chi connectivity index (χ4n) is 1.88. The van der Waals surface area contributed by atoms with Gasteiger partial charge in [-0.15, -0.1) is 11.6 Å². The van der Waals surface area contributed by atoms with Gasteiger partial charge in [-0.05, 0) is 43.2 Å². The number of alkyl halides is 1. The molecule has 0 bridgehead atoms. The molecule has 3 heteroatoms. The second-order valence-corrected chi connectivity index (χ2v) is 4.55. The molecule has 0 saturated heterocycles. The monoisotopic (exact) mass is 264 g/mol. The van der Waals surface area contributed by atoms with Crippen LogP contribution >= 0.6 is 11.6 Å². The van der Waals surface area contributed by atoms with E-state index in [-0.39, 0.29) is 11.6 Å². The van der Waals surface area contributed by atoms with E-state index in [1.165, 1.54) is 6.07 Å². The summed E-state index contributed by atoms with van der Waals surface area (Å²) in [6, 6.07) is 10.5. The molecule has 1 nitrogen and oxygen atoms in total. The molecule has 2 rings (SSSR count). The highest BCUT2D eigenvalue weighted by Crippen LogP contribution is 2.30. The van der Waals surface area contributed by atoms with Crippen molar-refractivity contribution in [1.82, 2.24) is 0 Å². The molecule has 0 atom stereocenters. The van der Waals surface area contributed by atoms with Crippen molar-refractivity contribution in [1.29, 1.82) is 0 Å². The number of rotatable bonds is 3. The second kappa shape index (κ2) is 5.40. The Kier molecular flexibility index (Phi) is 3.87. The van der Waals surface area contributed by atoms with Crippen molar-refractivity contribution < 1.29 is 9.13 Å². The smallest absolute Gasteiger partial charge is 0.167 e. The second-order valence-electron chi connectivity index (χ2n) is 4.29. The molecule has 0 saturated carbocycles. The van der Waals surface area contributed by atoms with Gasteiger partial charge in [-0.2, -0.15) is 0 Å². The minimum absolute atomic E-state index is 0.206. The topological polar surface area (TPSA) is 9.23 Å². The van der Waals surface area contributed by atoms with Crippen LogP contribution in [-0.2, 0) is 5.88 Å². The van der Waals surface area contributed by atoms with Crippen molar-refractivity contribution in [2.24, 2.45) is 0 Å². The third-order valence-corrected chi connectivity index (χ3v) is 2.90. The van der Waals surface area contributed by atoms with Gasteiger partial charge >= 0.3 is 0 Å². The lowest BCUT2D eigenvalue weighted by Crippen LogP contribution is -1.94. The van der Waals surface area contributed by atoms with Crippen molar-refractivity contribution in [2.45, 2.75) is 19.7 Å². The third-order valence-electron chi connectivity index (χ3n) is 2.61. The SMILES string of the molecule is Cc1cc(C)cc(Oc2c(F)cccc2CCl)c1. The summed E-state index contributed by atoms with van der Waals surface area (Å²) in [5.41, 5.74) is 2.80. The summed E-state index contributed by atoms with van der Waals surface area (Å²) in [4.78, 5) is 0. The maximum Gasteiger partial charge on any atom is 0.167 e. The molecule has 0 amide bonds. The normalized spacial score (nSPS) is 10.4. The zero-order valence-corrected chi connectivity index (χ0v) is 11.1. The predicted molar refractivity (Wildman–Crippen MR) is 71.9 cm³/mol. The first-order chi connectivity index (χ1) is 8.60. The minimum Gasteiger partial charge on any atom is -0.454 e. The van der Waals surface area contributed by atoms with Crippen molar-refractivity contribution >= 4 is 11.6 Å². The van der Waals surface area contributed by atoms with Gasteiger partial charge in [-0.1, -0.05) is 18.2 Å². The molecule has 18 heavy (non-hydrogen) atoms. The molecule has 0 aliphatic heterocycles. The van der Waals surface area contributed by atoms with E-state index in [1.54, 1.807) is 12.1 Å². The maximum absolute atomic E-state index is 13.7.